The van der Waals surface area contributed by atoms with Gasteiger partial charge in [-0.05, 0) is 54.5 Å². The lowest BCUT2D eigenvalue weighted by Crippen LogP contribution is -2.33. The third-order valence-electron chi connectivity index (χ3n) is 4.43. The second-order valence-electron chi connectivity index (χ2n) is 6.53. The van der Waals surface area contributed by atoms with Crippen LogP contribution in [0.25, 0.3) is 10.9 Å². The smallest absolute Gasteiger partial charge is 0.220 e. The zero-order valence-electron chi connectivity index (χ0n) is 14.4. The van der Waals surface area contributed by atoms with Gasteiger partial charge in [-0.2, -0.15) is 0 Å². The number of carbonyl (C=O) groups excluding carboxylic acids is 1. The molecule has 3 rings (SSSR count). The molecule has 1 aromatic heterocycles. The van der Waals surface area contributed by atoms with Gasteiger partial charge in [0, 0.05) is 24.2 Å². The second-order valence-corrected chi connectivity index (χ2v) is 6.53. The summed E-state index contributed by atoms with van der Waals surface area (Å²) >= 11 is 0. The number of carbonyl (C=O) groups is 1. The first-order valence-electron chi connectivity index (χ1n) is 8.70. The molecule has 0 aliphatic carbocycles. The zero-order valence-corrected chi connectivity index (χ0v) is 14.4. The minimum Gasteiger partial charge on any atom is -0.388 e. The van der Waals surface area contributed by atoms with Crippen molar-refractivity contribution in [1.29, 1.82) is 0 Å². The number of aromatic nitrogens is 1. The SMILES string of the molecule is CC(CC(O)c1ccccc1)NC(=O)CCc1ccc2[nH]ccc2c1. The summed E-state index contributed by atoms with van der Waals surface area (Å²) < 4.78 is 0. The van der Waals surface area contributed by atoms with Gasteiger partial charge in [0.2, 0.25) is 5.91 Å². The van der Waals surface area contributed by atoms with E-state index in [0.717, 1.165) is 22.0 Å². The molecule has 4 heteroatoms. The van der Waals surface area contributed by atoms with E-state index in [9.17, 15) is 9.90 Å². The average Bonchev–Trinajstić information content (AvgIpc) is 3.08. The number of H-pyrrole nitrogens is 1. The minimum atomic E-state index is -0.563. The van der Waals surface area contributed by atoms with Gasteiger partial charge in [0.25, 0.3) is 0 Å². The topological polar surface area (TPSA) is 65.1 Å². The zero-order chi connectivity index (χ0) is 17.6. The Hall–Kier alpha value is -2.59. The Bertz CT molecular complexity index is 826. The monoisotopic (exact) mass is 336 g/mol. The van der Waals surface area contributed by atoms with Gasteiger partial charge < -0.3 is 15.4 Å². The van der Waals surface area contributed by atoms with E-state index in [0.29, 0.717) is 19.3 Å². The lowest BCUT2D eigenvalue weighted by Gasteiger charge is -2.18. The van der Waals surface area contributed by atoms with Crippen molar-refractivity contribution >= 4 is 16.8 Å². The van der Waals surface area contributed by atoms with Crippen LogP contribution in [0.5, 0.6) is 0 Å². The highest BCUT2D eigenvalue weighted by Gasteiger charge is 2.14. The maximum Gasteiger partial charge on any atom is 0.220 e. The summed E-state index contributed by atoms with van der Waals surface area (Å²) in [6, 6.07) is 17.7. The van der Waals surface area contributed by atoms with E-state index >= 15 is 0 Å². The molecule has 2 aromatic carbocycles. The number of nitrogens with one attached hydrogen (secondary N) is 2. The predicted molar refractivity (Wildman–Crippen MR) is 100 cm³/mol. The van der Waals surface area contributed by atoms with E-state index in [1.807, 2.05) is 55.6 Å². The van der Waals surface area contributed by atoms with E-state index < -0.39 is 6.10 Å². The largest absolute Gasteiger partial charge is 0.388 e. The number of rotatable bonds is 7. The molecule has 0 spiro atoms. The highest BCUT2D eigenvalue weighted by atomic mass is 16.3. The van der Waals surface area contributed by atoms with Crippen LogP contribution in [0.2, 0.25) is 0 Å². The van der Waals surface area contributed by atoms with Crippen molar-refractivity contribution in [2.24, 2.45) is 0 Å². The number of benzene rings is 2. The first-order valence-corrected chi connectivity index (χ1v) is 8.70. The summed E-state index contributed by atoms with van der Waals surface area (Å²) in [6.07, 6.45) is 3.02. The van der Waals surface area contributed by atoms with Crippen molar-refractivity contribution in [2.75, 3.05) is 0 Å². The predicted octanol–water partition coefficient (Wildman–Crippen LogP) is 3.73. The fourth-order valence-electron chi connectivity index (χ4n) is 3.07. The number of hydrogen-bond donors (Lipinski definition) is 3. The summed E-state index contributed by atoms with van der Waals surface area (Å²) in [6.45, 7) is 1.93. The Morgan fingerprint density at radius 1 is 1.16 bits per heavy atom. The summed E-state index contributed by atoms with van der Waals surface area (Å²) in [5.74, 6) is 0.0157. The number of amides is 1. The fourth-order valence-corrected chi connectivity index (χ4v) is 3.07. The third kappa shape index (κ3) is 4.70. The number of aliphatic hydroxyl groups is 1. The van der Waals surface area contributed by atoms with Crippen molar-refractivity contribution in [1.82, 2.24) is 10.3 Å². The molecule has 1 amide bonds. The van der Waals surface area contributed by atoms with Crippen molar-refractivity contribution in [2.45, 2.75) is 38.3 Å². The van der Waals surface area contributed by atoms with Gasteiger partial charge in [0.1, 0.15) is 0 Å². The molecule has 0 bridgehead atoms. The molecule has 0 aliphatic heterocycles. The van der Waals surface area contributed by atoms with Crippen molar-refractivity contribution in [3.63, 3.8) is 0 Å². The van der Waals surface area contributed by atoms with Crippen molar-refractivity contribution in [3.8, 4) is 0 Å². The summed E-state index contributed by atoms with van der Waals surface area (Å²) in [7, 11) is 0. The first-order chi connectivity index (χ1) is 12.1. The molecular weight excluding hydrogens is 312 g/mol. The number of aliphatic hydroxyl groups excluding tert-OH is 1. The molecule has 0 radical (unpaired) electrons. The molecule has 0 fully saturated rings. The van der Waals surface area contributed by atoms with Gasteiger partial charge in [0.15, 0.2) is 0 Å². The molecule has 0 saturated carbocycles. The third-order valence-corrected chi connectivity index (χ3v) is 4.43. The van der Waals surface area contributed by atoms with Crippen LogP contribution in [-0.4, -0.2) is 22.0 Å². The summed E-state index contributed by atoms with van der Waals surface area (Å²) in [5, 5.41) is 14.4. The van der Waals surface area contributed by atoms with Crippen LogP contribution >= 0.6 is 0 Å². The highest BCUT2D eigenvalue weighted by Crippen LogP contribution is 2.18. The maximum atomic E-state index is 12.2. The number of hydrogen-bond acceptors (Lipinski definition) is 2. The number of aryl methyl sites for hydroxylation is 1. The lowest BCUT2D eigenvalue weighted by molar-refractivity contribution is -0.121. The van der Waals surface area contributed by atoms with Gasteiger partial charge in [-0.1, -0.05) is 36.4 Å². The van der Waals surface area contributed by atoms with E-state index in [1.54, 1.807) is 0 Å². The average molecular weight is 336 g/mol. The quantitative estimate of drug-likeness (QED) is 0.615. The van der Waals surface area contributed by atoms with Crippen molar-refractivity contribution in [3.05, 3.63) is 71.9 Å². The van der Waals surface area contributed by atoms with Crippen LogP contribution in [0.15, 0.2) is 60.8 Å². The molecular formula is C21H24N2O2. The Labute approximate surface area is 147 Å². The molecule has 0 saturated heterocycles. The Balaban J connectivity index is 1.46. The van der Waals surface area contributed by atoms with Crippen LogP contribution in [0.4, 0.5) is 0 Å². The maximum absolute atomic E-state index is 12.2. The normalized spacial score (nSPS) is 13.5. The first kappa shape index (κ1) is 17.2. The molecule has 1 heterocycles. The van der Waals surface area contributed by atoms with Crippen LogP contribution in [0.1, 0.15) is 37.0 Å². The van der Waals surface area contributed by atoms with E-state index in [2.05, 4.69) is 22.4 Å². The molecule has 3 N–H and O–H groups in total. The number of fused-ring (bicyclic) bond motifs is 1. The van der Waals surface area contributed by atoms with Gasteiger partial charge in [-0.25, -0.2) is 0 Å². The van der Waals surface area contributed by atoms with Crippen molar-refractivity contribution < 1.29 is 9.90 Å². The standard InChI is InChI=1S/C21H24N2O2/c1-15(13-20(24)17-5-3-2-4-6-17)23-21(25)10-8-16-7-9-19-18(14-16)11-12-22-19/h2-7,9,11-12,14-15,20,22,24H,8,10,13H2,1H3,(H,23,25). The van der Waals surface area contributed by atoms with Gasteiger partial charge in [-0.15, -0.1) is 0 Å². The molecule has 2 unspecified atom stereocenters. The van der Waals surface area contributed by atoms with Crippen LogP contribution in [-0.2, 0) is 11.2 Å². The molecule has 3 aromatic rings. The van der Waals surface area contributed by atoms with Gasteiger partial charge in [0.05, 0.1) is 6.10 Å². The minimum absolute atomic E-state index is 0.0157. The van der Waals surface area contributed by atoms with Crippen LogP contribution < -0.4 is 5.32 Å². The van der Waals surface area contributed by atoms with Crippen LogP contribution in [0, 0.1) is 0 Å². The summed E-state index contributed by atoms with van der Waals surface area (Å²) in [5.41, 5.74) is 3.14. The summed E-state index contributed by atoms with van der Waals surface area (Å²) in [4.78, 5) is 15.3. The second kappa shape index (κ2) is 7.99. The number of aromatic amines is 1. The van der Waals surface area contributed by atoms with E-state index in [1.165, 1.54) is 0 Å². The van der Waals surface area contributed by atoms with Gasteiger partial charge >= 0.3 is 0 Å². The molecule has 2 atom stereocenters. The van der Waals surface area contributed by atoms with E-state index in [-0.39, 0.29) is 11.9 Å². The fraction of sp³-hybridized carbons (Fsp3) is 0.286. The Morgan fingerprint density at radius 3 is 2.76 bits per heavy atom. The Morgan fingerprint density at radius 2 is 1.96 bits per heavy atom. The lowest BCUT2D eigenvalue weighted by atomic mass is 10.0. The molecule has 25 heavy (non-hydrogen) atoms. The highest BCUT2D eigenvalue weighted by molar-refractivity contribution is 5.80. The van der Waals surface area contributed by atoms with E-state index in [4.69, 9.17) is 0 Å². The Kier molecular flexibility index (Phi) is 5.51. The molecule has 0 aliphatic rings. The van der Waals surface area contributed by atoms with Gasteiger partial charge in [-0.3, -0.25) is 4.79 Å². The molecule has 4 nitrogen and oxygen atoms in total. The molecule has 130 valence electrons. The van der Waals surface area contributed by atoms with Crippen LogP contribution in [0.3, 0.4) is 0 Å².